The highest BCUT2D eigenvalue weighted by atomic mass is 79.9. The van der Waals surface area contributed by atoms with E-state index in [1.165, 1.54) is 0 Å². The monoisotopic (exact) mass is 420 g/mol. The molecule has 0 fully saturated rings. The van der Waals surface area contributed by atoms with Gasteiger partial charge in [0.05, 0.1) is 5.69 Å². The third-order valence-electron chi connectivity index (χ3n) is 4.44. The molecule has 0 bridgehead atoms. The third-order valence-corrected chi connectivity index (χ3v) is 4.93. The molecule has 5 heteroatoms. The number of phenols is 1. The maximum Gasteiger partial charge on any atom is 0.227 e. The quantitative estimate of drug-likeness (QED) is 0.393. The van der Waals surface area contributed by atoms with E-state index in [1.807, 2.05) is 62.4 Å². The van der Waals surface area contributed by atoms with Gasteiger partial charge in [0.1, 0.15) is 11.3 Å². The molecule has 0 amide bonds. The molecule has 134 valence electrons. The highest BCUT2D eigenvalue weighted by molar-refractivity contribution is 9.10. The summed E-state index contributed by atoms with van der Waals surface area (Å²) in [7, 11) is 0. The highest BCUT2D eigenvalue weighted by Crippen LogP contribution is 2.29. The predicted molar refractivity (Wildman–Crippen MR) is 112 cm³/mol. The third kappa shape index (κ3) is 3.64. The first kappa shape index (κ1) is 17.5. The van der Waals surface area contributed by atoms with Crippen LogP contribution in [0.3, 0.4) is 0 Å². The van der Waals surface area contributed by atoms with Gasteiger partial charge in [-0.2, -0.15) is 0 Å². The normalized spacial score (nSPS) is 11.5. The highest BCUT2D eigenvalue weighted by Gasteiger charge is 2.09. The number of hydrogen-bond acceptors (Lipinski definition) is 4. The van der Waals surface area contributed by atoms with Crippen LogP contribution in [-0.4, -0.2) is 16.3 Å². The van der Waals surface area contributed by atoms with E-state index in [9.17, 15) is 5.11 Å². The molecule has 1 heterocycles. The van der Waals surface area contributed by atoms with Gasteiger partial charge >= 0.3 is 0 Å². The molecule has 0 aliphatic heterocycles. The first-order chi connectivity index (χ1) is 13.0. The molecule has 1 aromatic heterocycles. The molecular weight excluding hydrogens is 404 g/mol. The summed E-state index contributed by atoms with van der Waals surface area (Å²) in [6, 6.07) is 17.1. The molecular formula is C22H17BrN2O2. The fourth-order valence-corrected chi connectivity index (χ4v) is 3.21. The van der Waals surface area contributed by atoms with Gasteiger partial charge in [0, 0.05) is 21.8 Å². The van der Waals surface area contributed by atoms with E-state index in [0.717, 1.165) is 32.4 Å². The topological polar surface area (TPSA) is 58.6 Å². The Bertz CT molecular complexity index is 1180. The van der Waals surface area contributed by atoms with Crippen molar-refractivity contribution in [2.45, 2.75) is 13.8 Å². The van der Waals surface area contributed by atoms with Crippen LogP contribution >= 0.6 is 15.9 Å². The molecule has 3 aromatic carbocycles. The van der Waals surface area contributed by atoms with Gasteiger partial charge in [0.25, 0.3) is 0 Å². The van der Waals surface area contributed by atoms with Gasteiger partial charge in [-0.15, -0.1) is 0 Å². The zero-order valence-corrected chi connectivity index (χ0v) is 16.5. The van der Waals surface area contributed by atoms with E-state index in [4.69, 9.17) is 4.42 Å². The van der Waals surface area contributed by atoms with Gasteiger partial charge in [-0.25, -0.2) is 4.98 Å². The van der Waals surface area contributed by atoms with E-state index in [2.05, 4.69) is 25.9 Å². The molecule has 0 aliphatic rings. The van der Waals surface area contributed by atoms with Crippen LogP contribution in [0.2, 0.25) is 0 Å². The van der Waals surface area contributed by atoms with Crippen LogP contribution in [0, 0.1) is 13.8 Å². The van der Waals surface area contributed by atoms with Crippen LogP contribution in [0.15, 0.2) is 68.5 Å². The Labute approximate surface area is 165 Å². The molecule has 4 rings (SSSR count). The van der Waals surface area contributed by atoms with Crippen molar-refractivity contribution in [1.29, 1.82) is 0 Å². The lowest BCUT2D eigenvalue weighted by Crippen LogP contribution is -1.87. The molecule has 0 aliphatic carbocycles. The van der Waals surface area contributed by atoms with Gasteiger partial charge in [0.15, 0.2) is 5.58 Å². The number of aryl methyl sites for hydroxylation is 2. The lowest BCUT2D eigenvalue weighted by atomic mass is 10.1. The number of benzene rings is 3. The number of aromatic hydroxyl groups is 1. The molecule has 4 aromatic rings. The van der Waals surface area contributed by atoms with E-state index in [-0.39, 0.29) is 5.75 Å². The number of fused-ring (bicyclic) bond motifs is 1. The predicted octanol–water partition coefficient (Wildman–Crippen LogP) is 6.33. The second kappa shape index (κ2) is 7.00. The van der Waals surface area contributed by atoms with Gasteiger partial charge in [0.2, 0.25) is 5.89 Å². The Hall–Kier alpha value is -2.92. The molecule has 4 nitrogen and oxygen atoms in total. The molecule has 0 spiro atoms. The Morgan fingerprint density at radius 2 is 1.85 bits per heavy atom. The maximum atomic E-state index is 10.1. The summed E-state index contributed by atoms with van der Waals surface area (Å²) in [5.41, 5.74) is 5.95. The van der Waals surface area contributed by atoms with Crippen LogP contribution in [0.1, 0.15) is 16.7 Å². The van der Waals surface area contributed by atoms with Crippen molar-refractivity contribution >= 4 is 38.9 Å². The lowest BCUT2D eigenvalue weighted by molar-refractivity contribution is 0.474. The minimum atomic E-state index is 0.223. The lowest BCUT2D eigenvalue weighted by Gasteiger charge is -2.04. The van der Waals surface area contributed by atoms with Crippen LogP contribution < -0.4 is 0 Å². The van der Waals surface area contributed by atoms with E-state index >= 15 is 0 Å². The molecule has 0 atom stereocenters. The van der Waals surface area contributed by atoms with E-state index < -0.39 is 0 Å². The summed E-state index contributed by atoms with van der Waals surface area (Å²) in [5.74, 6) is 0.792. The standard InChI is InChI=1S/C22H17BrN2O2/c1-13-8-16(20(26)9-14(13)2)12-24-18-6-7-21-19(11-18)25-22(27-21)15-4-3-5-17(23)10-15/h3-12,26H,1-2H3. The first-order valence-corrected chi connectivity index (χ1v) is 9.30. The molecule has 27 heavy (non-hydrogen) atoms. The SMILES string of the molecule is Cc1cc(O)c(C=Nc2ccc3oc(-c4cccc(Br)c4)nc3c2)cc1C. The zero-order chi connectivity index (χ0) is 19.0. The summed E-state index contributed by atoms with van der Waals surface area (Å²) >= 11 is 3.46. The fraction of sp³-hybridized carbons (Fsp3) is 0.0909. The average molecular weight is 421 g/mol. The maximum absolute atomic E-state index is 10.1. The van der Waals surface area contributed by atoms with Crippen molar-refractivity contribution in [3.8, 4) is 17.2 Å². The van der Waals surface area contributed by atoms with Gasteiger partial charge in [-0.1, -0.05) is 22.0 Å². The number of aromatic nitrogens is 1. The molecule has 0 unspecified atom stereocenters. The molecule has 0 saturated heterocycles. The zero-order valence-electron chi connectivity index (χ0n) is 14.9. The van der Waals surface area contributed by atoms with E-state index in [0.29, 0.717) is 17.0 Å². The number of hydrogen-bond donors (Lipinski definition) is 1. The summed E-state index contributed by atoms with van der Waals surface area (Å²) in [6.07, 6.45) is 1.66. The van der Waals surface area contributed by atoms with Crippen molar-refractivity contribution < 1.29 is 9.52 Å². The van der Waals surface area contributed by atoms with Gasteiger partial charge < -0.3 is 9.52 Å². The molecule has 0 radical (unpaired) electrons. The van der Waals surface area contributed by atoms with Crippen molar-refractivity contribution in [3.05, 3.63) is 75.8 Å². The Kier molecular flexibility index (Phi) is 4.54. The van der Waals surface area contributed by atoms with Crippen LogP contribution in [0.5, 0.6) is 5.75 Å². The van der Waals surface area contributed by atoms with Crippen molar-refractivity contribution in [3.63, 3.8) is 0 Å². The van der Waals surface area contributed by atoms with Gasteiger partial charge in [-0.3, -0.25) is 4.99 Å². The number of phenolic OH excluding ortho intramolecular Hbond substituents is 1. The van der Waals surface area contributed by atoms with Crippen molar-refractivity contribution in [1.82, 2.24) is 4.98 Å². The Morgan fingerprint density at radius 1 is 1.04 bits per heavy atom. The minimum Gasteiger partial charge on any atom is -0.507 e. The fourth-order valence-electron chi connectivity index (χ4n) is 2.81. The number of nitrogens with zero attached hydrogens (tertiary/aromatic N) is 2. The minimum absolute atomic E-state index is 0.223. The average Bonchev–Trinajstić information content (AvgIpc) is 3.07. The smallest absolute Gasteiger partial charge is 0.227 e. The largest absolute Gasteiger partial charge is 0.507 e. The Morgan fingerprint density at radius 3 is 2.67 bits per heavy atom. The van der Waals surface area contributed by atoms with Crippen molar-refractivity contribution in [2.75, 3.05) is 0 Å². The second-order valence-electron chi connectivity index (χ2n) is 6.43. The summed E-state index contributed by atoms with van der Waals surface area (Å²) in [5, 5.41) is 10.1. The van der Waals surface area contributed by atoms with E-state index in [1.54, 1.807) is 12.3 Å². The number of rotatable bonds is 3. The van der Waals surface area contributed by atoms with Gasteiger partial charge in [-0.05, 0) is 73.5 Å². The Balaban J connectivity index is 1.67. The first-order valence-electron chi connectivity index (χ1n) is 8.50. The summed E-state index contributed by atoms with van der Waals surface area (Å²) in [4.78, 5) is 9.05. The van der Waals surface area contributed by atoms with Crippen LogP contribution in [0.4, 0.5) is 5.69 Å². The number of oxazole rings is 1. The number of halogens is 1. The number of aliphatic imine (C=N–C) groups is 1. The molecule has 0 saturated carbocycles. The second-order valence-corrected chi connectivity index (χ2v) is 7.35. The van der Waals surface area contributed by atoms with Crippen LogP contribution in [-0.2, 0) is 0 Å². The van der Waals surface area contributed by atoms with Crippen molar-refractivity contribution in [2.24, 2.45) is 4.99 Å². The summed E-state index contributed by atoms with van der Waals surface area (Å²) in [6.45, 7) is 3.98. The summed E-state index contributed by atoms with van der Waals surface area (Å²) < 4.78 is 6.82. The molecule has 1 N–H and O–H groups in total. The van der Waals surface area contributed by atoms with Crippen LogP contribution in [0.25, 0.3) is 22.6 Å².